The summed E-state index contributed by atoms with van der Waals surface area (Å²) >= 11 is 0. The molecule has 19 heavy (non-hydrogen) atoms. The molecule has 1 atom stereocenters. The van der Waals surface area contributed by atoms with Crippen LogP contribution in [0.1, 0.15) is 19.8 Å². The molecule has 4 heteroatoms. The van der Waals surface area contributed by atoms with Gasteiger partial charge in [-0.05, 0) is 38.4 Å². The number of ether oxygens (including phenoxy) is 2. The van der Waals surface area contributed by atoms with Crippen LogP contribution in [-0.4, -0.2) is 43.9 Å². The van der Waals surface area contributed by atoms with Crippen molar-refractivity contribution in [1.29, 1.82) is 0 Å². The molecule has 0 aliphatic carbocycles. The molecule has 1 aliphatic rings. The second-order valence-electron chi connectivity index (χ2n) is 4.91. The number of piperidine rings is 1. The number of nitrogens with two attached hydrogens (primary N) is 1. The quantitative estimate of drug-likeness (QED) is 0.800. The van der Waals surface area contributed by atoms with Crippen LogP contribution in [0.4, 0.5) is 5.69 Å². The minimum Gasteiger partial charge on any atom is -0.490 e. The first-order valence-electron chi connectivity index (χ1n) is 7.11. The fraction of sp³-hybridized carbons (Fsp3) is 0.600. The van der Waals surface area contributed by atoms with Crippen molar-refractivity contribution in [2.45, 2.75) is 25.9 Å². The Kier molecular flexibility index (Phi) is 5.48. The second-order valence-corrected chi connectivity index (χ2v) is 4.91. The van der Waals surface area contributed by atoms with Crippen molar-refractivity contribution in [3.05, 3.63) is 24.3 Å². The van der Waals surface area contributed by atoms with Crippen LogP contribution in [0.15, 0.2) is 24.3 Å². The lowest BCUT2D eigenvalue weighted by atomic mass is 10.1. The number of hydrogen-bond donors (Lipinski definition) is 1. The molecule has 1 heterocycles. The largest absolute Gasteiger partial charge is 0.490 e. The van der Waals surface area contributed by atoms with Gasteiger partial charge in [-0.3, -0.25) is 4.90 Å². The number of anilines is 1. The monoisotopic (exact) mass is 264 g/mol. The maximum absolute atomic E-state index is 5.84. The van der Waals surface area contributed by atoms with Gasteiger partial charge in [0.15, 0.2) is 0 Å². The van der Waals surface area contributed by atoms with Crippen molar-refractivity contribution < 1.29 is 9.47 Å². The molecule has 1 aliphatic heterocycles. The number of nitrogen functional groups attached to an aromatic ring is 1. The van der Waals surface area contributed by atoms with E-state index in [0.717, 1.165) is 32.0 Å². The molecule has 0 amide bonds. The average Bonchev–Trinajstić information content (AvgIpc) is 2.42. The van der Waals surface area contributed by atoms with E-state index < -0.39 is 0 Å². The number of hydrogen-bond acceptors (Lipinski definition) is 4. The third-order valence-corrected chi connectivity index (χ3v) is 3.45. The fourth-order valence-corrected chi connectivity index (χ4v) is 2.48. The van der Waals surface area contributed by atoms with E-state index in [0.29, 0.717) is 18.4 Å². The predicted molar refractivity (Wildman–Crippen MR) is 77.4 cm³/mol. The molecule has 0 spiro atoms. The third-order valence-electron chi connectivity index (χ3n) is 3.45. The number of rotatable bonds is 6. The maximum Gasteiger partial charge on any atom is 0.142 e. The Hall–Kier alpha value is -1.26. The summed E-state index contributed by atoms with van der Waals surface area (Å²) in [6.07, 6.45) is 2.77. The zero-order valence-corrected chi connectivity index (χ0v) is 11.7. The van der Waals surface area contributed by atoms with Gasteiger partial charge < -0.3 is 15.2 Å². The van der Waals surface area contributed by atoms with Gasteiger partial charge in [0.05, 0.1) is 11.8 Å². The van der Waals surface area contributed by atoms with Crippen LogP contribution in [0, 0.1) is 0 Å². The third kappa shape index (κ3) is 4.40. The highest BCUT2D eigenvalue weighted by Crippen LogP contribution is 2.20. The van der Waals surface area contributed by atoms with Gasteiger partial charge in [0.2, 0.25) is 0 Å². The highest BCUT2D eigenvalue weighted by Gasteiger charge is 2.19. The first-order chi connectivity index (χ1) is 9.29. The van der Waals surface area contributed by atoms with E-state index in [4.69, 9.17) is 15.2 Å². The van der Waals surface area contributed by atoms with E-state index in [1.165, 1.54) is 12.8 Å². The van der Waals surface area contributed by atoms with E-state index >= 15 is 0 Å². The van der Waals surface area contributed by atoms with Crippen LogP contribution in [0.2, 0.25) is 0 Å². The lowest BCUT2D eigenvalue weighted by Gasteiger charge is -2.32. The van der Waals surface area contributed by atoms with E-state index in [-0.39, 0.29) is 0 Å². The SMILES string of the molecule is CCOC1CCCN(CCOc2ccccc2N)C1. The van der Waals surface area contributed by atoms with Crippen molar-refractivity contribution in [2.75, 3.05) is 38.6 Å². The molecule has 4 nitrogen and oxygen atoms in total. The molecule has 0 radical (unpaired) electrons. The smallest absolute Gasteiger partial charge is 0.142 e. The Labute approximate surface area is 115 Å². The Morgan fingerprint density at radius 2 is 2.21 bits per heavy atom. The first kappa shape index (κ1) is 14.2. The van der Waals surface area contributed by atoms with E-state index in [1.54, 1.807) is 0 Å². The highest BCUT2D eigenvalue weighted by molar-refractivity contribution is 5.51. The molecule has 1 saturated heterocycles. The number of benzene rings is 1. The van der Waals surface area contributed by atoms with Crippen molar-refractivity contribution in [3.63, 3.8) is 0 Å². The Morgan fingerprint density at radius 3 is 3.00 bits per heavy atom. The molecule has 1 aromatic carbocycles. The summed E-state index contributed by atoms with van der Waals surface area (Å²) in [5.74, 6) is 0.779. The number of likely N-dealkylation sites (tertiary alicyclic amines) is 1. The van der Waals surface area contributed by atoms with Gasteiger partial charge in [-0.25, -0.2) is 0 Å². The summed E-state index contributed by atoms with van der Waals surface area (Å²) in [6.45, 7) is 6.61. The fourth-order valence-electron chi connectivity index (χ4n) is 2.48. The molecule has 1 fully saturated rings. The molecule has 0 bridgehead atoms. The highest BCUT2D eigenvalue weighted by atomic mass is 16.5. The zero-order valence-electron chi connectivity index (χ0n) is 11.7. The maximum atomic E-state index is 5.84. The van der Waals surface area contributed by atoms with Crippen LogP contribution in [-0.2, 0) is 4.74 Å². The molecule has 0 saturated carbocycles. The minimum absolute atomic E-state index is 0.389. The van der Waals surface area contributed by atoms with Gasteiger partial charge in [-0.2, -0.15) is 0 Å². The molecule has 2 N–H and O–H groups in total. The van der Waals surface area contributed by atoms with Crippen LogP contribution in [0.25, 0.3) is 0 Å². The molecule has 1 aromatic rings. The van der Waals surface area contributed by atoms with Gasteiger partial charge in [0, 0.05) is 19.7 Å². The number of nitrogens with zero attached hydrogens (tertiary/aromatic N) is 1. The Morgan fingerprint density at radius 1 is 1.37 bits per heavy atom. The van der Waals surface area contributed by atoms with Crippen LogP contribution in [0.5, 0.6) is 5.75 Å². The van der Waals surface area contributed by atoms with Gasteiger partial charge in [0.1, 0.15) is 12.4 Å². The lowest BCUT2D eigenvalue weighted by Crippen LogP contribution is -2.41. The summed E-state index contributed by atoms with van der Waals surface area (Å²) in [5.41, 5.74) is 6.54. The molecule has 1 unspecified atom stereocenters. The van der Waals surface area contributed by atoms with Crippen molar-refractivity contribution in [3.8, 4) is 5.75 Å². The van der Waals surface area contributed by atoms with Gasteiger partial charge >= 0.3 is 0 Å². The summed E-state index contributed by atoms with van der Waals surface area (Å²) in [4.78, 5) is 2.41. The normalized spacial score (nSPS) is 20.4. The van der Waals surface area contributed by atoms with Gasteiger partial charge in [0.25, 0.3) is 0 Å². The summed E-state index contributed by atoms with van der Waals surface area (Å²) in [5, 5.41) is 0. The van der Waals surface area contributed by atoms with Crippen LogP contribution >= 0.6 is 0 Å². The second kappa shape index (κ2) is 7.36. The van der Waals surface area contributed by atoms with Crippen molar-refractivity contribution in [1.82, 2.24) is 4.90 Å². The predicted octanol–water partition coefficient (Wildman–Crippen LogP) is 2.15. The minimum atomic E-state index is 0.389. The summed E-state index contributed by atoms with van der Waals surface area (Å²) in [6, 6.07) is 7.63. The molecular formula is C15H24N2O2. The summed E-state index contributed by atoms with van der Waals surface area (Å²) in [7, 11) is 0. The molecule has 106 valence electrons. The van der Waals surface area contributed by atoms with E-state index in [2.05, 4.69) is 11.8 Å². The molecular weight excluding hydrogens is 240 g/mol. The average molecular weight is 264 g/mol. The topological polar surface area (TPSA) is 47.7 Å². The van der Waals surface area contributed by atoms with Crippen LogP contribution < -0.4 is 10.5 Å². The standard InChI is InChI=1S/C15H24N2O2/c1-2-18-13-6-5-9-17(12-13)10-11-19-15-8-4-3-7-14(15)16/h3-4,7-8,13H,2,5-6,9-12,16H2,1H3. The van der Waals surface area contributed by atoms with E-state index in [1.807, 2.05) is 24.3 Å². The molecule has 2 rings (SSSR count). The number of para-hydroxylation sites is 2. The first-order valence-corrected chi connectivity index (χ1v) is 7.11. The lowest BCUT2D eigenvalue weighted by molar-refractivity contribution is 0.00306. The molecule has 0 aromatic heterocycles. The van der Waals surface area contributed by atoms with Crippen LogP contribution in [0.3, 0.4) is 0 Å². The van der Waals surface area contributed by atoms with Gasteiger partial charge in [-0.1, -0.05) is 12.1 Å². The Bertz CT molecular complexity index is 382. The van der Waals surface area contributed by atoms with Gasteiger partial charge in [-0.15, -0.1) is 0 Å². The van der Waals surface area contributed by atoms with E-state index in [9.17, 15) is 0 Å². The van der Waals surface area contributed by atoms with Crippen molar-refractivity contribution in [2.24, 2.45) is 0 Å². The summed E-state index contributed by atoms with van der Waals surface area (Å²) < 4.78 is 11.4. The van der Waals surface area contributed by atoms with Crippen molar-refractivity contribution >= 4 is 5.69 Å². The Balaban J connectivity index is 1.72. The zero-order chi connectivity index (χ0) is 13.5.